The second-order valence-electron chi connectivity index (χ2n) is 8.45. The summed E-state index contributed by atoms with van der Waals surface area (Å²) >= 11 is 0. The first-order valence-electron chi connectivity index (χ1n) is 11.5. The fourth-order valence-corrected chi connectivity index (χ4v) is 4.41. The number of carboxylic acid groups (broad SMARTS) is 1. The molecule has 2 aromatic rings. The lowest BCUT2D eigenvalue weighted by Crippen LogP contribution is -2.53. The molecule has 0 saturated carbocycles. The first kappa shape index (κ1) is 22.9. The number of nitrogens with zero attached hydrogens (tertiary/aromatic N) is 1. The van der Waals surface area contributed by atoms with Crippen molar-refractivity contribution in [3.8, 4) is 0 Å². The van der Waals surface area contributed by atoms with Gasteiger partial charge < -0.3 is 10.4 Å². The second-order valence-corrected chi connectivity index (χ2v) is 8.45. The summed E-state index contributed by atoms with van der Waals surface area (Å²) in [7, 11) is 0. The highest BCUT2D eigenvalue weighted by molar-refractivity contribution is 5.85. The lowest BCUT2D eigenvalue weighted by Gasteiger charge is -2.33. The van der Waals surface area contributed by atoms with Gasteiger partial charge in [-0.15, -0.1) is 0 Å². The average molecular weight is 423 g/mol. The molecule has 2 amide bonds. The molecule has 0 aliphatic carbocycles. The maximum Gasteiger partial charge on any atom is 0.407 e. The van der Waals surface area contributed by atoms with Crippen LogP contribution in [0.15, 0.2) is 60.7 Å². The molecular weight excluding hydrogens is 388 g/mol. The van der Waals surface area contributed by atoms with E-state index in [-0.39, 0.29) is 11.9 Å². The fourth-order valence-electron chi connectivity index (χ4n) is 4.41. The number of hydrogen-bond donors (Lipinski definition) is 2. The van der Waals surface area contributed by atoms with E-state index in [0.29, 0.717) is 13.0 Å². The van der Waals surface area contributed by atoms with Crippen LogP contribution < -0.4 is 5.32 Å². The zero-order chi connectivity index (χ0) is 21.9. The number of aryl methyl sites for hydroxylation is 2. The molecule has 1 saturated heterocycles. The zero-order valence-corrected chi connectivity index (χ0v) is 18.2. The van der Waals surface area contributed by atoms with E-state index in [4.69, 9.17) is 0 Å². The first-order valence-corrected chi connectivity index (χ1v) is 11.5. The number of benzene rings is 2. The summed E-state index contributed by atoms with van der Waals surface area (Å²) < 4.78 is 0. The normalized spacial score (nSPS) is 16.3. The number of piperidine rings is 1. The van der Waals surface area contributed by atoms with E-state index >= 15 is 0 Å². The van der Waals surface area contributed by atoms with E-state index in [0.717, 1.165) is 51.4 Å². The number of amides is 2. The molecule has 31 heavy (non-hydrogen) atoms. The molecule has 2 aromatic carbocycles. The highest BCUT2D eigenvalue weighted by Gasteiger charge is 2.32. The highest BCUT2D eigenvalue weighted by atomic mass is 16.4. The molecule has 3 rings (SSSR count). The van der Waals surface area contributed by atoms with Crippen molar-refractivity contribution in [2.45, 2.75) is 69.9 Å². The summed E-state index contributed by atoms with van der Waals surface area (Å²) in [6.45, 7) is 0.445. The Labute approximate surface area is 185 Å². The first-order chi connectivity index (χ1) is 15.1. The van der Waals surface area contributed by atoms with Crippen LogP contribution in [0.4, 0.5) is 4.79 Å². The molecule has 2 N–H and O–H groups in total. The monoisotopic (exact) mass is 422 g/mol. The molecule has 5 heteroatoms. The predicted octanol–water partition coefficient (Wildman–Crippen LogP) is 5.05. The summed E-state index contributed by atoms with van der Waals surface area (Å²) in [4.78, 5) is 25.8. The molecule has 1 unspecified atom stereocenters. The van der Waals surface area contributed by atoms with Crippen molar-refractivity contribution in [1.82, 2.24) is 10.2 Å². The van der Waals surface area contributed by atoms with Crippen LogP contribution in [-0.4, -0.2) is 40.6 Å². The Kier molecular flexibility index (Phi) is 8.95. The summed E-state index contributed by atoms with van der Waals surface area (Å²) in [5, 5.41) is 12.7. The fraction of sp³-hybridized carbons (Fsp3) is 0.462. The largest absolute Gasteiger partial charge is 0.465 e. The van der Waals surface area contributed by atoms with Crippen LogP contribution in [0.3, 0.4) is 0 Å². The predicted molar refractivity (Wildman–Crippen MR) is 123 cm³/mol. The lowest BCUT2D eigenvalue weighted by molar-refractivity contribution is -0.127. The summed E-state index contributed by atoms with van der Waals surface area (Å²) in [6.07, 6.45) is 7.09. The van der Waals surface area contributed by atoms with Gasteiger partial charge in [0.15, 0.2) is 0 Å². The van der Waals surface area contributed by atoms with Gasteiger partial charge in [-0.1, -0.05) is 60.7 Å². The lowest BCUT2D eigenvalue weighted by atomic mass is 9.97. The number of carbonyl (C=O) groups excluding carboxylic acids is 1. The summed E-state index contributed by atoms with van der Waals surface area (Å²) in [5.74, 6) is -0.133. The van der Waals surface area contributed by atoms with Crippen LogP contribution in [0.2, 0.25) is 0 Å². The Balaban J connectivity index is 1.56. The topological polar surface area (TPSA) is 69.6 Å². The number of hydrogen-bond acceptors (Lipinski definition) is 2. The Morgan fingerprint density at radius 1 is 0.903 bits per heavy atom. The van der Waals surface area contributed by atoms with E-state index in [1.807, 2.05) is 12.1 Å². The van der Waals surface area contributed by atoms with Gasteiger partial charge in [-0.2, -0.15) is 0 Å². The van der Waals surface area contributed by atoms with Crippen molar-refractivity contribution >= 4 is 12.0 Å². The molecule has 0 spiro atoms. The van der Waals surface area contributed by atoms with E-state index in [2.05, 4.69) is 53.8 Å². The molecule has 0 radical (unpaired) electrons. The van der Waals surface area contributed by atoms with E-state index in [1.54, 1.807) is 0 Å². The SMILES string of the molecule is O=C(NC(CCCc1ccccc1)CCCc1ccccc1)C1CCCCN1C(=O)O. The van der Waals surface area contributed by atoms with Crippen LogP contribution in [0, 0.1) is 0 Å². The van der Waals surface area contributed by atoms with Crippen molar-refractivity contribution < 1.29 is 14.7 Å². The van der Waals surface area contributed by atoms with E-state index in [1.165, 1.54) is 16.0 Å². The Hall–Kier alpha value is -2.82. The molecule has 166 valence electrons. The second kappa shape index (κ2) is 12.1. The number of carbonyl (C=O) groups is 2. The number of likely N-dealkylation sites (tertiary alicyclic amines) is 1. The summed E-state index contributed by atoms with van der Waals surface area (Å²) in [5.41, 5.74) is 2.61. The minimum atomic E-state index is -0.996. The Morgan fingerprint density at radius 2 is 1.45 bits per heavy atom. The molecule has 1 heterocycles. The van der Waals surface area contributed by atoms with Gasteiger partial charge in [0.05, 0.1) is 0 Å². The van der Waals surface area contributed by atoms with Crippen LogP contribution in [-0.2, 0) is 17.6 Å². The molecular formula is C26H34N2O3. The van der Waals surface area contributed by atoms with Crippen molar-refractivity contribution in [3.63, 3.8) is 0 Å². The molecule has 5 nitrogen and oxygen atoms in total. The Bertz CT molecular complexity index is 764. The molecule has 1 atom stereocenters. The number of nitrogens with one attached hydrogen (secondary N) is 1. The van der Waals surface area contributed by atoms with E-state index < -0.39 is 12.1 Å². The number of rotatable bonds is 10. The standard InChI is InChI=1S/C26H34N2O3/c29-25(24-19-7-8-20-28(24)26(30)31)27-23(17-9-15-21-11-3-1-4-12-21)18-10-16-22-13-5-2-6-14-22/h1-6,11-14,23-24H,7-10,15-20H2,(H,27,29)(H,30,31). The van der Waals surface area contributed by atoms with Gasteiger partial charge in [-0.3, -0.25) is 9.69 Å². The maximum absolute atomic E-state index is 13.0. The van der Waals surface area contributed by atoms with Gasteiger partial charge in [0, 0.05) is 12.6 Å². The van der Waals surface area contributed by atoms with Gasteiger partial charge in [-0.05, 0) is 68.9 Å². The molecule has 1 aliphatic rings. The molecule has 1 aliphatic heterocycles. The third-order valence-electron chi connectivity index (χ3n) is 6.12. The molecule has 0 bridgehead atoms. The van der Waals surface area contributed by atoms with Crippen LogP contribution in [0.1, 0.15) is 56.1 Å². The van der Waals surface area contributed by atoms with Gasteiger partial charge in [-0.25, -0.2) is 4.79 Å². The Morgan fingerprint density at radius 3 is 1.97 bits per heavy atom. The van der Waals surface area contributed by atoms with Crippen LogP contribution in [0.5, 0.6) is 0 Å². The van der Waals surface area contributed by atoms with Gasteiger partial charge in [0.25, 0.3) is 0 Å². The zero-order valence-electron chi connectivity index (χ0n) is 18.2. The van der Waals surface area contributed by atoms with Crippen molar-refractivity contribution in [3.05, 3.63) is 71.8 Å². The van der Waals surface area contributed by atoms with Crippen molar-refractivity contribution in [2.24, 2.45) is 0 Å². The third kappa shape index (κ3) is 7.42. The minimum absolute atomic E-state index is 0.0671. The van der Waals surface area contributed by atoms with Crippen LogP contribution >= 0.6 is 0 Å². The summed E-state index contributed by atoms with van der Waals surface area (Å²) in [6, 6.07) is 20.3. The minimum Gasteiger partial charge on any atom is -0.465 e. The van der Waals surface area contributed by atoms with Gasteiger partial charge in [0.2, 0.25) is 5.91 Å². The van der Waals surface area contributed by atoms with Crippen molar-refractivity contribution in [2.75, 3.05) is 6.54 Å². The molecule has 1 fully saturated rings. The van der Waals surface area contributed by atoms with Crippen molar-refractivity contribution in [1.29, 1.82) is 0 Å². The highest BCUT2D eigenvalue weighted by Crippen LogP contribution is 2.19. The van der Waals surface area contributed by atoms with Gasteiger partial charge >= 0.3 is 6.09 Å². The van der Waals surface area contributed by atoms with Gasteiger partial charge in [0.1, 0.15) is 6.04 Å². The quantitative estimate of drug-likeness (QED) is 0.563. The third-order valence-corrected chi connectivity index (χ3v) is 6.12. The molecule has 0 aromatic heterocycles. The maximum atomic E-state index is 13.0. The van der Waals surface area contributed by atoms with Crippen LogP contribution in [0.25, 0.3) is 0 Å². The smallest absolute Gasteiger partial charge is 0.407 e. The van der Waals surface area contributed by atoms with E-state index in [9.17, 15) is 14.7 Å². The average Bonchev–Trinajstić information content (AvgIpc) is 2.80.